The van der Waals surface area contributed by atoms with Crippen LogP contribution >= 0.6 is 11.8 Å². The van der Waals surface area contributed by atoms with Crippen molar-refractivity contribution in [2.75, 3.05) is 13.7 Å². The molecule has 0 spiro atoms. The minimum absolute atomic E-state index is 0.00556. The molecule has 1 atom stereocenters. The number of nitrogens with two attached hydrogens (primary N) is 1. The van der Waals surface area contributed by atoms with E-state index in [1.165, 1.54) is 7.11 Å². The third kappa shape index (κ3) is 3.90. The lowest BCUT2D eigenvalue weighted by molar-refractivity contribution is -0.385. The highest BCUT2D eigenvalue weighted by Crippen LogP contribution is 2.29. The third-order valence-electron chi connectivity index (χ3n) is 2.31. The van der Waals surface area contributed by atoms with Gasteiger partial charge in [0.05, 0.1) is 12.0 Å². The van der Waals surface area contributed by atoms with Crippen molar-refractivity contribution in [3.63, 3.8) is 0 Å². The molecule has 0 bridgehead atoms. The molecule has 1 unspecified atom stereocenters. The number of nitro groups is 1. The highest BCUT2D eigenvalue weighted by Gasteiger charge is 2.15. The number of hydrogen-bond donors (Lipinski definition) is 1. The van der Waals surface area contributed by atoms with Crippen LogP contribution in [0.15, 0.2) is 18.2 Å². The monoisotopic (exact) mass is 256 g/mol. The summed E-state index contributed by atoms with van der Waals surface area (Å²) < 4.78 is 4.94. The molecule has 0 amide bonds. The van der Waals surface area contributed by atoms with Crippen molar-refractivity contribution in [1.82, 2.24) is 0 Å². The van der Waals surface area contributed by atoms with Crippen molar-refractivity contribution in [1.29, 1.82) is 0 Å². The Morgan fingerprint density at radius 3 is 2.82 bits per heavy atom. The van der Waals surface area contributed by atoms with Gasteiger partial charge in [-0.15, -0.1) is 0 Å². The number of hydrogen-bond acceptors (Lipinski definition) is 5. The highest BCUT2D eigenvalue weighted by atomic mass is 32.2. The summed E-state index contributed by atoms with van der Waals surface area (Å²) in [6.45, 7) is 2.63. The SMILES string of the molecule is COc1ccc(CSC(C)CN)cc1[N+](=O)[O-]. The highest BCUT2D eigenvalue weighted by molar-refractivity contribution is 7.99. The molecule has 5 nitrogen and oxygen atoms in total. The van der Waals surface area contributed by atoms with Crippen molar-refractivity contribution in [3.8, 4) is 5.75 Å². The summed E-state index contributed by atoms with van der Waals surface area (Å²) in [7, 11) is 1.42. The van der Waals surface area contributed by atoms with Gasteiger partial charge < -0.3 is 10.5 Å². The first-order valence-corrected chi connectivity index (χ1v) is 6.26. The van der Waals surface area contributed by atoms with E-state index in [0.717, 1.165) is 5.56 Å². The Bertz CT molecular complexity index is 398. The van der Waals surface area contributed by atoms with E-state index in [4.69, 9.17) is 10.5 Å². The maximum Gasteiger partial charge on any atom is 0.311 e. The molecule has 0 heterocycles. The average Bonchev–Trinajstić information content (AvgIpc) is 2.35. The van der Waals surface area contributed by atoms with Crippen LogP contribution in [0.3, 0.4) is 0 Å². The molecule has 1 aromatic carbocycles. The number of methoxy groups -OCH3 is 1. The van der Waals surface area contributed by atoms with Crippen LogP contribution in [0.25, 0.3) is 0 Å². The van der Waals surface area contributed by atoms with E-state index in [9.17, 15) is 10.1 Å². The molecule has 0 aliphatic heterocycles. The van der Waals surface area contributed by atoms with Gasteiger partial charge in [-0.05, 0) is 11.6 Å². The Balaban J connectivity index is 2.81. The average molecular weight is 256 g/mol. The van der Waals surface area contributed by atoms with Crippen LogP contribution in [-0.2, 0) is 5.75 Å². The number of benzene rings is 1. The number of ether oxygens (including phenoxy) is 1. The van der Waals surface area contributed by atoms with Gasteiger partial charge in [-0.1, -0.05) is 13.0 Å². The number of nitro benzene ring substituents is 1. The minimum atomic E-state index is -0.431. The molecule has 2 N–H and O–H groups in total. The topological polar surface area (TPSA) is 78.4 Å². The molecule has 6 heteroatoms. The zero-order valence-corrected chi connectivity index (χ0v) is 10.7. The molecule has 0 saturated heterocycles. The second kappa shape index (κ2) is 6.46. The van der Waals surface area contributed by atoms with Crippen molar-refractivity contribution < 1.29 is 9.66 Å². The predicted molar refractivity (Wildman–Crippen MR) is 69.5 cm³/mol. The first-order valence-electron chi connectivity index (χ1n) is 5.21. The molecule has 1 aromatic rings. The quantitative estimate of drug-likeness (QED) is 0.623. The van der Waals surface area contributed by atoms with Gasteiger partial charge in [0, 0.05) is 23.6 Å². The van der Waals surface area contributed by atoms with Crippen molar-refractivity contribution in [3.05, 3.63) is 33.9 Å². The molecule has 0 fully saturated rings. The molecule has 17 heavy (non-hydrogen) atoms. The van der Waals surface area contributed by atoms with E-state index in [-0.39, 0.29) is 11.4 Å². The van der Waals surface area contributed by atoms with Gasteiger partial charge in [-0.3, -0.25) is 10.1 Å². The van der Waals surface area contributed by atoms with E-state index in [0.29, 0.717) is 17.5 Å². The number of thioether (sulfide) groups is 1. The minimum Gasteiger partial charge on any atom is -0.490 e. The van der Waals surface area contributed by atoms with Gasteiger partial charge in [0.2, 0.25) is 0 Å². The Morgan fingerprint density at radius 2 is 2.29 bits per heavy atom. The Labute approximate surface area is 104 Å². The first kappa shape index (κ1) is 13.8. The fraction of sp³-hybridized carbons (Fsp3) is 0.455. The Morgan fingerprint density at radius 1 is 1.59 bits per heavy atom. The van der Waals surface area contributed by atoms with Crippen LogP contribution in [0.4, 0.5) is 5.69 Å². The van der Waals surface area contributed by atoms with Gasteiger partial charge in [0.1, 0.15) is 0 Å². The molecular formula is C11H16N2O3S. The van der Waals surface area contributed by atoms with E-state index < -0.39 is 4.92 Å². The second-order valence-electron chi connectivity index (χ2n) is 3.62. The van der Waals surface area contributed by atoms with Crippen LogP contribution < -0.4 is 10.5 Å². The van der Waals surface area contributed by atoms with E-state index in [1.807, 2.05) is 13.0 Å². The summed E-state index contributed by atoms with van der Waals surface area (Å²) in [5, 5.41) is 11.2. The van der Waals surface area contributed by atoms with Gasteiger partial charge in [-0.2, -0.15) is 11.8 Å². The Hall–Kier alpha value is -1.27. The lowest BCUT2D eigenvalue weighted by Gasteiger charge is -2.08. The summed E-state index contributed by atoms with van der Waals surface area (Å²) >= 11 is 1.67. The molecule has 0 aromatic heterocycles. The van der Waals surface area contributed by atoms with E-state index in [2.05, 4.69) is 0 Å². The third-order valence-corrected chi connectivity index (χ3v) is 3.57. The zero-order valence-electron chi connectivity index (χ0n) is 9.88. The molecule has 0 aliphatic carbocycles. The Kier molecular flexibility index (Phi) is 5.24. The number of rotatable bonds is 6. The van der Waals surface area contributed by atoms with Crippen molar-refractivity contribution in [2.24, 2.45) is 5.73 Å². The first-order chi connectivity index (χ1) is 8.08. The van der Waals surface area contributed by atoms with Gasteiger partial charge in [-0.25, -0.2) is 0 Å². The van der Waals surface area contributed by atoms with Crippen LogP contribution in [0.5, 0.6) is 5.75 Å². The van der Waals surface area contributed by atoms with Crippen molar-refractivity contribution in [2.45, 2.75) is 17.9 Å². The lowest BCUT2D eigenvalue weighted by atomic mass is 10.2. The standard InChI is InChI=1S/C11H16N2O3S/c1-8(6-12)17-7-9-3-4-11(16-2)10(5-9)13(14)15/h3-5,8H,6-7,12H2,1-2H3. The fourth-order valence-electron chi connectivity index (χ4n) is 1.27. The van der Waals surface area contributed by atoms with Crippen LogP contribution in [0.1, 0.15) is 12.5 Å². The van der Waals surface area contributed by atoms with Crippen LogP contribution in [0.2, 0.25) is 0 Å². The summed E-state index contributed by atoms with van der Waals surface area (Å²) in [5.41, 5.74) is 6.42. The second-order valence-corrected chi connectivity index (χ2v) is 5.05. The fourth-order valence-corrected chi connectivity index (χ4v) is 2.07. The molecule has 0 aliphatic rings. The summed E-state index contributed by atoms with van der Waals surface area (Å²) in [4.78, 5) is 10.4. The van der Waals surface area contributed by atoms with Gasteiger partial charge in [0.25, 0.3) is 0 Å². The molecule has 94 valence electrons. The van der Waals surface area contributed by atoms with Crippen molar-refractivity contribution >= 4 is 17.4 Å². The van der Waals surface area contributed by atoms with Crippen LogP contribution in [-0.4, -0.2) is 23.8 Å². The van der Waals surface area contributed by atoms with Gasteiger partial charge >= 0.3 is 5.69 Å². The number of nitrogens with zero attached hydrogens (tertiary/aromatic N) is 1. The van der Waals surface area contributed by atoms with Gasteiger partial charge in [0.15, 0.2) is 5.75 Å². The van der Waals surface area contributed by atoms with Crippen LogP contribution in [0, 0.1) is 10.1 Å². The molecule has 0 saturated carbocycles. The maximum atomic E-state index is 10.8. The molecule has 1 rings (SSSR count). The summed E-state index contributed by atoms with van der Waals surface area (Å²) in [6, 6.07) is 5.01. The predicted octanol–water partition coefficient (Wildman–Crippen LogP) is 2.18. The van der Waals surface area contributed by atoms with E-state index in [1.54, 1.807) is 23.9 Å². The lowest BCUT2D eigenvalue weighted by Crippen LogP contribution is -2.12. The maximum absolute atomic E-state index is 10.8. The molecular weight excluding hydrogens is 240 g/mol. The normalized spacial score (nSPS) is 12.2. The van der Waals surface area contributed by atoms with E-state index >= 15 is 0 Å². The summed E-state index contributed by atoms with van der Waals surface area (Å²) in [6.07, 6.45) is 0. The summed E-state index contributed by atoms with van der Waals surface area (Å²) in [5.74, 6) is 0.999. The zero-order chi connectivity index (χ0) is 12.8. The largest absolute Gasteiger partial charge is 0.490 e. The molecule has 0 radical (unpaired) electrons. The smallest absolute Gasteiger partial charge is 0.311 e.